The van der Waals surface area contributed by atoms with Crippen LogP contribution in [0.5, 0.6) is 0 Å². The highest BCUT2D eigenvalue weighted by molar-refractivity contribution is 7.90. The van der Waals surface area contributed by atoms with Gasteiger partial charge in [-0.1, -0.05) is 29.8 Å². The maximum atomic E-state index is 11.6. The monoisotopic (exact) mass is 346 g/mol. The molecule has 2 aromatic rings. The van der Waals surface area contributed by atoms with Crippen LogP contribution in [-0.4, -0.2) is 14.7 Å². The minimum absolute atomic E-state index is 0.365. The van der Waals surface area contributed by atoms with Crippen LogP contribution in [0.15, 0.2) is 47.4 Å². The molecule has 1 aliphatic carbocycles. The number of aryl methyl sites for hydroxylation is 1. The van der Waals surface area contributed by atoms with Crippen LogP contribution in [0.4, 0.5) is 0 Å². The van der Waals surface area contributed by atoms with E-state index in [-0.39, 0.29) is 0 Å². The Morgan fingerprint density at radius 1 is 0.957 bits per heavy atom. The summed E-state index contributed by atoms with van der Waals surface area (Å²) >= 11 is 6.06. The highest BCUT2D eigenvalue weighted by atomic mass is 35.5. The van der Waals surface area contributed by atoms with Gasteiger partial charge in [0.25, 0.3) is 0 Å². The standard InChI is InChI=1S/C19H19ClO2S/c1-13-12-15(20)8-11-17(13)19-5-3-4-18(19)14-6-9-16(10-7-14)23(2,21)22/h6-12H,3-5H2,1-2H3. The van der Waals surface area contributed by atoms with Crippen molar-refractivity contribution in [2.75, 3.05) is 6.26 Å². The lowest BCUT2D eigenvalue weighted by Gasteiger charge is -2.12. The second kappa shape index (κ2) is 6.14. The van der Waals surface area contributed by atoms with Gasteiger partial charge < -0.3 is 0 Å². The zero-order valence-corrected chi connectivity index (χ0v) is 14.8. The van der Waals surface area contributed by atoms with Crippen LogP contribution in [0.25, 0.3) is 11.1 Å². The minimum atomic E-state index is -3.15. The van der Waals surface area contributed by atoms with Crippen molar-refractivity contribution in [1.82, 2.24) is 0 Å². The molecule has 0 aromatic heterocycles. The van der Waals surface area contributed by atoms with Gasteiger partial charge in [0.15, 0.2) is 9.84 Å². The third-order valence-electron chi connectivity index (χ3n) is 4.36. The normalized spacial score (nSPS) is 15.3. The molecule has 0 saturated heterocycles. The Hall–Kier alpha value is -1.58. The molecule has 23 heavy (non-hydrogen) atoms. The van der Waals surface area contributed by atoms with Gasteiger partial charge in [-0.2, -0.15) is 0 Å². The Balaban J connectivity index is 2.06. The summed E-state index contributed by atoms with van der Waals surface area (Å²) in [5.74, 6) is 0. The number of hydrogen-bond donors (Lipinski definition) is 0. The lowest BCUT2D eigenvalue weighted by molar-refractivity contribution is 0.602. The van der Waals surface area contributed by atoms with Crippen molar-refractivity contribution in [2.24, 2.45) is 0 Å². The van der Waals surface area contributed by atoms with E-state index >= 15 is 0 Å². The molecule has 0 bridgehead atoms. The molecular weight excluding hydrogens is 328 g/mol. The summed E-state index contributed by atoms with van der Waals surface area (Å²) in [6, 6.07) is 13.2. The van der Waals surface area contributed by atoms with Crippen LogP contribution in [0.2, 0.25) is 5.02 Å². The fourth-order valence-corrected chi connectivity index (χ4v) is 4.09. The summed E-state index contributed by atoms with van der Waals surface area (Å²) in [5.41, 5.74) is 6.20. The van der Waals surface area contributed by atoms with Crippen LogP contribution < -0.4 is 0 Å². The first kappa shape index (κ1) is 16.3. The lowest BCUT2D eigenvalue weighted by atomic mass is 9.94. The van der Waals surface area contributed by atoms with Crippen molar-refractivity contribution < 1.29 is 8.42 Å². The van der Waals surface area contributed by atoms with E-state index < -0.39 is 9.84 Å². The third-order valence-corrected chi connectivity index (χ3v) is 5.73. The summed E-state index contributed by atoms with van der Waals surface area (Å²) in [7, 11) is -3.15. The molecular formula is C19H19ClO2S. The molecule has 0 saturated carbocycles. The summed E-state index contributed by atoms with van der Waals surface area (Å²) in [6.07, 6.45) is 4.43. The highest BCUT2D eigenvalue weighted by Crippen LogP contribution is 2.41. The van der Waals surface area contributed by atoms with Gasteiger partial charge in [-0.05, 0) is 78.3 Å². The molecule has 0 unspecified atom stereocenters. The van der Waals surface area contributed by atoms with E-state index in [1.165, 1.54) is 28.5 Å². The number of allylic oxidation sites excluding steroid dienone is 2. The smallest absolute Gasteiger partial charge is 0.175 e. The summed E-state index contributed by atoms with van der Waals surface area (Å²) < 4.78 is 23.2. The maximum absolute atomic E-state index is 11.6. The Labute approximate surface area is 142 Å². The minimum Gasteiger partial charge on any atom is -0.224 e. The Bertz CT molecular complexity index is 878. The molecule has 0 amide bonds. The Morgan fingerprint density at radius 3 is 2.22 bits per heavy atom. The van der Waals surface area contributed by atoms with Crippen LogP contribution in [0.1, 0.15) is 36.0 Å². The Kier molecular flexibility index (Phi) is 4.35. The van der Waals surface area contributed by atoms with E-state index in [1.54, 1.807) is 12.1 Å². The number of rotatable bonds is 3. The van der Waals surface area contributed by atoms with Crippen LogP contribution in [0, 0.1) is 6.92 Å². The molecule has 0 N–H and O–H groups in total. The lowest BCUT2D eigenvalue weighted by Crippen LogP contribution is -1.97. The van der Waals surface area contributed by atoms with Crippen LogP contribution in [-0.2, 0) is 9.84 Å². The van der Waals surface area contributed by atoms with E-state index in [4.69, 9.17) is 11.6 Å². The van der Waals surface area contributed by atoms with Gasteiger partial charge in [-0.3, -0.25) is 0 Å². The first-order valence-corrected chi connectivity index (χ1v) is 9.92. The fraction of sp³-hybridized carbons (Fsp3) is 0.263. The van der Waals surface area contributed by atoms with Crippen molar-refractivity contribution in [2.45, 2.75) is 31.1 Å². The number of sulfone groups is 1. The van der Waals surface area contributed by atoms with E-state index in [0.717, 1.165) is 29.8 Å². The first-order valence-electron chi connectivity index (χ1n) is 7.65. The van der Waals surface area contributed by atoms with Crippen molar-refractivity contribution in [1.29, 1.82) is 0 Å². The largest absolute Gasteiger partial charge is 0.224 e. The van der Waals surface area contributed by atoms with Gasteiger partial charge in [0.2, 0.25) is 0 Å². The first-order chi connectivity index (χ1) is 10.9. The zero-order valence-electron chi connectivity index (χ0n) is 13.3. The van der Waals surface area contributed by atoms with Gasteiger partial charge in [-0.25, -0.2) is 8.42 Å². The fourth-order valence-electron chi connectivity index (χ4n) is 3.23. The van der Waals surface area contributed by atoms with Gasteiger partial charge in [-0.15, -0.1) is 0 Å². The average molecular weight is 347 g/mol. The Morgan fingerprint density at radius 2 is 1.61 bits per heavy atom. The van der Waals surface area contributed by atoms with Gasteiger partial charge >= 0.3 is 0 Å². The second-order valence-electron chi connectivity index (χ2n) is 6.07. The molecule has 0 heterocycles. The molecule has 0 aliphatic heterocycles. The molecule has 4 heteroatoms. The molecule has 0 spiro atoms. The maximum Gasteiger partial charge on any atom is 0.175 e. The molecule has 0 radical (unpaired) electrons. The predicted octanol–water partition coefficient (Wildman–Crippen LogP) is 5.15. The van der Waals surface area contributed by atoms with Crippen molar-refractivity contribution in [3.63, 3.8) is 0 Å². The zero-order chi connectivity index (χ0) is 16.6. The van der Waals surface area contributed by atoms with Gasteiger partial charge in [0.1, 0.15) is 0 Å². The highest BCUT2D eigenvalue weighted by Gasteiger charge is 2.19. The number of benzene rings is 2. The van der Waals surface area contributed by atoms with Crippen molar-refractivity contribution in [3.05, 3.63) is 64.2 Å². The summed E-state index contributed by atoms with van der Waals surface area (Å²) in [4.78, 5) is 0.365. The van der Waals surface area contributed by atoms with Crippen LogP contribution in [0.3, 0.4) is 0 Å². The van der Waals surface area contributed by atoms with Gasteiger partial charge in [0, 0.05) is 11.3 Å². The molecule has 120 valence electrons. The molecule has 2 aromatic carbocycles. The SMILES string of the molecule is Cc1cc(Cl)ccc1C1=C(c2ccc(S(C)(=O)=O)cc2)CCC1. The number of hydrogen-bond acceptors (Lipinski definition) is 2. The molecule has 1 aliphatic rings. The quantitative estimate of drug-likeness (QED) is 0.770. The summed E-state index contributed by atoms with van der Waals surface area (Å²) in [5, 5.41) is 0.754. The predicted molar refractivity (Wildman–Crippen MR) is 96.4 cm³/mol. The van der Waals surface area contributed by atoms with E-state index in [0.29, 0.717) is 4.90 Å². The van der Waals surface area contributed by atoms with E-state index in [9.17, 15) is 8.42 Å². The number of halogens is 1. The van der Waals surface area contributed by atoms with Crippen molar-refractivity contribution in [3.8, 4) is 0 Å². The van der Waals surface area contributed by atoms with E-state index in [1.807, 2.05) is 24.3 Å². The average Bonchev–Trinajstić information content (AvgIpc) is 2.95. The molecule has 2 nitrogen and oxygen atoms in total. The van der Waals surface area contributed by atoms with Crippen LogP contribution >= 0.6 is 11.6 Å². The molecule has 0 atom stereocenters. The topological polar surface area (TPSA) is 34.1 Å². The second-order valence-corrected chi connectivity index (χ2v) is 8.52. The molecule has 3 rings (SSSR count). The van der Waals surface area contributed by atoms with Gasteiger partial charge in [0.05, 0.1) is 4.90 Å². The van der Waals surface area contributed by atoms with Crippen molar-refractivity contribution >= 4 is 32.6 Å². The third kappa shape index (κ3) is 3.36. The summed E-state index contributed by atoms with van der Waals surface area (Å²) in [6.45, 7) is 2.08. The molecule has 0 fully saturated rings. The van der Waals surface area contributed by atoms with E-state index in [2.05, 4.69) is 13.0 Å².